The van der Waals surface area contributed by atoms with E-state index in [1.165, 1.54) is 19.3 Å². The maximum Gasteiger partial charge on any atom is 0.318 e. The molecule has 0 aliphatic carbocycles. The van der Waals surface area contributed by atoms with Crippen LogP contribution in [0.3, 0.4) is 0 Å². The molecule has 1 unspecified atom stereocenters. The van der Waals surface area contributed by atoms with E-state index < -0.39 is 5.92 Å². The van der Waals surface area contributed by atoms with Crippen molar-refractivity contribution in [2.24, 2.45) is 11.8 Å². The van der Waals surface area contributed by atoms with Crippen LogP contribution in [-0.2, 0) is 14.3 Å². The first-order chi connectivity index (χ1) is 9.65. The largest absolute Gasteiger partial charge is 0.465 e. The van der Waals surface area contributed by atoms with Gasteiger partial charge in [-0.3, -0.25) is 14.5 Å². The number of carbonyl (C=O) groups excluding carboxylic acids is 2. The van der Waals surface area contributed by atoms with E-state index in [1.54, 1.807) is 0 Å². The molecule has 0 N–H and O–H groups in total. The number of unbranched alkanes of at least 4 members (excludes halogenated alkanes) is 4. The van der Waals surface area contributed by atoms with Gasteiger partial charge in [-0.15, -0.1) is 0 Å². The lowest BCUT2D eigenvalue weighted by Crippen LogP contribution is -2.36. The molecule has 4 nitrogen and oxygen atoms in total. The number of rotatable bonds is 7. The first-order valence-corrected chi connectivity index (χ1v) is 8.08. The summed E-state index contributed by atoms with van der Waals surface area (Å²) in [5.74, 6) is -0.337. The monoisotopic (exact) mass is 281 g/mol. The third-order valence-electron chi connectivity index (χ3n) is 4.67. The van der Waals surface area contributed by atoms with Crippen molar-refractivity contribution in [1.29, 1.82) is 0 Å². The Morgan fingerprint density at radius 2 is 2.05 bits per heavy atom. The summed E-state index contributed by atoms with van der Waals surface area (Å²) in [7, 11) is 0. The summed E-state index contributed by atoms with van der Waals surface area (Å²) in [6, 6.07) is 0.0927. The number of nitrogens with zero attached hydrogens (tertiary/aromatic N) is 1. The van der Waals surface area contributed by atoms with E-state index in [1.807, 2.05) is 0 Å². The van der Waals surface area contributed by atoms with E-state index in [4.69, 9.17) is 4.74 Å². The van der Waals surface area contributed by atoms with Gasteiger partial charge < -0.3 is 4.74 Å². The SMILES string of the molecule is CCCCCCCOC(=O)C1C(=O)CN2CC[C@@H](C)[C@H]12. The molecule has 2 heterocycles. The molecule has 0 aromatic carbocycles. The van der Waals surface area contributed by atoms with Gasteiger partial charge in [0.2, 0.25) is 0 Å². The van der Waals surface area contributed by atoms with Crippen LogP contribution in [0, 0.1) is 11.8 Å². The quantitative estimate of drug-likeness (QED) is 0.408. The molecule has 0 bridgehead atoms. The molecule has 0 amide bonds. The number of carbonyl (C=O) groups is 2. The maximum atomic E-state index is 12.2. The van der Waals surface area contributed by atoms with Crippen LogP contribution in [0.1, 0.15) is 52.4 Å². The van der Waals surface area contributed by atoms with Gasteiger partial charge in [-0.1, -0.05) is 39.5 Å². The average molecular weight is 281 g/mol. The van der Waals surface area contributed by atoms with Gasteiger partial charge in [0.05, 0.1) is 13.2 Å². The number of esters is 1. The van der Waals surface area contributed by atoms with E-state index in [0.29, 0.717) is 19.1 Å². The van der Waals surface area contributed by atoms with Crippen LogP contribution in [0.25, 0.3) is 0 Å². The second kappa shape index (κ2) is 7.21. The predicted octanol–water partition coefficient (Wildman–Crippen LogP) is 2.41. The van der Waals surface area contributed by atoms with Crippen molar-refractivity contribution in [2.75, 3.05) is 19.7 Å². The average Bonchev–Trinajstić information content (AvgIpc) is 2.93. The topological polar surface area (TPSA) is 46.6 Å². The van der Waals surface area contributed by atoms with Crippen LogP contribution < -0.4 is 0 Å². The normalized spacial score (nSPS) is 29.7. The molecule has 20 heavy (non-hydrogen) atoms. The van der Waals surface area contributed by atoms with Gasteiger partial charge in [-0.2, -0.15) is 0 Å². The van der Waals surface area contributed by atoms with Gasteiger partial charge in [-0.05, 0) is 25.3 Å². The second-order valence-corrected chi connectivity index (χ2v) is 6.25. The van der Waals surface area contributed by atoms with Gasteiger partial charge in [0.1, 0.15) is 5.92 Å². The van der Waals surface area contributed by atoms with Gasteiger partial charge >= 0.3 is 5.97 Å². The molecule has 0 aromatic heterocycles. The molecule has 3 atom stereocenters. The first kappa shape index (κ1) is 15.5. The molecule has 2 saturated heterocycles. The van der Waals surface area contributed by atoms with Crippen LogP contribution in [0.4, 0.5) is 0 Å². The maximum absolute atomic E-state index is 12.2. The van der Waals surface area contributed by atoms with Gasteiger partial charge in [0, 0.05) is 6.04 Å². The van der Waals surface area contributed by atoms with E-state index >= 15 is 0 Å². The van der Waals surface area contributed by atoms with Crippen LogP contribution in [0.5, 0.6) is 0 Å². The van der Waals surface area contributed by atoms with Crippen molar-refractivity contribution in [3.63, 3.8) is 0 Å². The Labute approximate surface area is 121 Å². The highest BCUT2D eigenvalue weighted by atomic mass is 16.5. The van der Waals surface area contributed by atoms with E-state index in [0.717, 1.165) is 25.8 Å². The Balaban J connectivity index is 1.75. The van der Waals surface area contributed by atoms with Crippen LogP contribution in [0.2, 0.25) is 0 Å². The summed E-state index contributed by atoms with van der Waals surface area (Å²) in [5, 5.41) is 0. The highest BCUT2D eigenvalue weighted by molar-refractivity contribution is 6.02. The molecular formula is C16H27NO3. The van der Waals surface area contributed by atoms with Crippen molar-refractivity contribution < 1.29 is 14.3 Å². The number of ether oxygens (including phenoxy) is 1. The van der Waals surface area contributed by atoms with Crippen molar-refractivity contribution in [3.8, 4) is 0 Å². The smallest absolute Gasteiger partial charge is 0.318 e. The zero-order valence-electron chi connectivity index (χ0n) is 12.8. The first-order valence-electron chi connectivity index (χ1n) is 8.08. The summed E-state index contributed by atoms with van der Waals surface area (Å²) in [5.41, 5.74) is 0. The molecule has 2 aliphatic heterocycles. The molecule has 2 fully saturated rings. The number of hydrogen-bond donors (Lipinski definition) is 0. The van der Waals surface area contributed by atoms with Crippen molar-refractivity contribution in [3.05, 3.63) is 0 Å². The zero-order valence-corrected chi connectivity index (χ0v) is 12.8. The number of ketones is 1. The van der Waals surface area contributed by atoms with Gasteiger partial charge in [0.15, 0.2) is 5.78 Å². The third-order valence-corrected chi connectivity index (χ3v) is 4.67. The fourth-order valence-electron chi connectivity index (χ4n) is 3.50. The van der Waals surface area contributed by atoms with Gasteiger partial charge in [-0.25, -0.2) is 0 Å². The Hall–Kier alpha value is -0.900. The molecule has 2 rings (SSSR count). The Morgan fingerprint density at radius 3 is 2.80 bits per heavy atom. The molecule has 4 heteroatoms. The molecule has 2 aliphatic rings. The van der Waals surface area contributed by atoms with Crippen molar-refractivity contribution in [2.45, 2.75) is 58.4 Å². The molecule has 0 aromatic rings. The fourth-order valence-corrected chi connectivity index (χ4v) is 3.50. The molecule has 0 radical (unpaired) electrons. The number of hydrogen-bond acceptors (Lipinski definition) is 4. The lowest BCUT2D eigenvalue weighted by atomic mass is 9.90. The number of Topliss-reactive ketones (excluding diaryl/α,β-unsaturated/α-hetero) is 1. The summed E-state index contributed by atoms with van der Waals surface area (Å²) < 4.78 is 5.35. The molecule has 114 valence electrons. The van der Waals surface area contributed by atoms with Crippen LogP contribution in [0.15, 0.2) is 0 Å². The van der Waals surface area contributed by atoms with Gasteiger partial charge in [0.25, 0.3) is 0 Å². The van der Waals surface area contributed by atoms with Crippen molar-refractivity contribution >= 4 is 11.8 Å². The Bertz CT molecular complexity index is 356. The highest BCUT2D eigenvalue weighted by Gasteiger charge is 2.50. The standard InChI is InChI=1S/C16H27NO3/c1-3-4-5-6-7-10-20-16(19)14-13(18)11-17-9-8-12(2)15(14)17/h12,14-15H,3-11H2,1-2H3/t12-,14?,15-/m1/s1. The minimum absolute atomic E-state index is 0.0533. The summed E-state index contributed by atoms with van der Waals surface area (Å²) in [6.45, 7) is 6.16. The van der Waals surface area contributed by atoms with E-state index in [-0.39, 0.29) is 17.8 Å². The van der Waals surface area contributed by atoms with E-state index in [9.17, 15) is 9.59 Å². The lowest BCUT2D eigenvalue weighted by molar-refractivity contribution is -0.152. The fraction of sp³-hybridized carbons (Fsp3) is 0.875. The number of fused-ring (bicyclic) bond motifs is 1. The summed E-state index contributed by atoms with van der Waals surface area (Å²) in [4.78, 5) is 26.3. The van der Waals surface area contributed by atoms with Crippen molar-refractivity contribution in [1.82, 2.24) is 4.90 Å². The summed E-state index contributed by atoms with van der Waals surface area (Å²) in [6.07, 6.45) is 6.75. The van der Waals surface area contributed by atoms with Crippen LogP contribution in [-0.4, -0.2) is 42.4 Å². The van der Waals surface area contributed by atoms with Crippen LogP contribution >= 0.6 is 0 Å². The molecule has 0 spiro atoms. The minimum atomic E-state index is -0.525. The second-order valence-electron chi connectivity index (χ2n) is 6.25. The lowest BCUT2D eigenvalue weighted by Gasteiger charge is -2.21. The Morgan fingerprint density at radius 1 is 1.30 bits per heavy atom. The Kier molecular flexibility index (Phi) is 5.58. The molecule has 0 saturated carbocycles. The predicted molar refractivity (Wildman–Crippen MR) is 77.4 cm³/mol. The minimum Gasteiger partial charge on any atom is -0.465 e. The zero-order chi connectivity index (χ0) is 14.5. The van der Waals surface area contributed by atoms with E-state index in [2.05, 4.69) is 18.7 Å². The summed E-state index contributed by atoms with van der Waals surface area (Å²) >= 11 is 0. The highest BCUT2D eigenvalue weighted by Crippen LogP contribution is 2.35. The third kappa shape index (κ3) is 3.40. The molecular weight excluding hydrogens is 254 g/mol.